The van der Waals surface area contributed by atoms with Gasteiger partial charge in [0.15, 0.2) is 5.82 Å². The van der Waals surface area contributed by atoms with Crippen LogP contribution in [0.3, 0.4) is 0 Å². The van der Waals surface area contributed by atoms with Gasteiger partial charge in [-0.3, -0.25) is 9.29 Å². The van der Waals surface area contributed by atoms with Crippen molar-refractivity contribution >= 4 is 27.6 Å². The fourth-order valence-electron chi connectivity index (χ4n) is 3.30. The van der Waals surface area contributed by atoms with E-state index in [2.05, 4.69) is 29.9 Å². The van der Waals surface area contributed by atoms with Crippen molar-refractivity contribution in [2.45, 2.75) is 31.6 Å². The second kappa shape index (κ2) is 9.57. The summed E-state index contributed by atoms with van der Waals surface area (Å²) >= 11 is 5.85. The first kappa shape index (κ1) is 23.3. The summed E-state index contributed by atoms with van der Waals surface area (Å²) in [5, 5.41) is 7.87. The first-order valence-electron chi connectivity index (χ1n) is 10.3. The van der Waals surface area contributed by atoms with Gasteiger partial charge < -0.3 is 9.47 Å². The number of sulfonamides is 1. The Bertz CT molecular complexity index is 1220. The van der Waals surface area contributed by atoms with Crippen LogP contribution in [0.15, 0.2) is 30.6 Å². The second-order valence-corrected chi connectivity index (χ2v) is 10.3. The van der Waals surface area contributed by atoms with E-state index in [1.165, 1.54) is 19.5 Å². The summed E-state index contributed by atoms with van der Waals surface area (Å²) < 4.78 is 41.2. The van der Waals surface area contributed by atoms with E-state index in [0.29, 0.717) is 48.0 Å². The molecule has 0 aliphatic carbocycles. The van der Waals surface area contributed by atoms with Gasteiger partial charge in [0.2, 0.25) is 21.9 Å². The standard InChI is InChI=1S/C20H24ClN7O4S/c1-12(18-22-7-15(21)8-23-18)13(2)33(29,30)27-20-26-25-19(28(20)9-14-10-32-11-14)16-5-4-6-17(24-16)31-3/h4-8,12-14H,9-11H2,1-3H3,(H,26,27). The number of nitrogens with zero attached hydrogens (tertiary/aromatic N) is 6. The molecule has 1 saturated heterocycles. The molecule has 13 heteroatoms. The number of aromatic nitrogens is 6. The first-order valence-corrected chi connectivity index (χ1v) is 12.2. The smallest absolute Gasteiger partial charge is 0.238 e. The Morgan fingerprint density at radius 1 is 1.24 bits per heavy atom. The van der Waals surface area contributed by atoms with Gasteiger partial charge in [-0.1, -0.05) is 24.6 Å². The zero-order valence-corrected chi connectivity index (χ0v) is 19.9. The Kier molecular flexibility index (Phi) is 6.77. The Labute approximate surface area is 196 Å². The zero-order chi connectivity index (χ0) is 23.6. The first-order chi connectivity index (χ1) is 15.8. The third kappa shape index (κ3) is 5.07. The Morgan fingerprint density at radius 3 is 2.61 bits per heavy atom. The maximum absolute atomic E-state index is 13.2. The number of pyridine rings is 1. The molecule has 0 spiro atoms. The molecule has 1 aliphatic heterocycles. The third-order valence-electron chi connectivity index (χ3n) is 5.54. The van der Waals surface area contributed by atoms with Gasteiger partial charge in [-0.2, -0.15) is 0 Å². The molecule has 4 rings (SSSR count). The largest absolute Gasteiger partial charge is 0.481 e. The van der Waals surface area contributed by atoms with Crippen molar-refractivity contribution < 1.29 is 17.9 Å². The van der Waals surface area contributed by atoms with Crippen LogP contribution in [0.25, 0.3) is 11.5 Å². The molecule has 0 aromatic carbocycles. The number of ether oxygens (including phenoxy) is 2. The minimum absolute atomic E-state index is 0.109. The molecule has 1 fully saturated rings. The molecule has 2 unspecified atom stereocenters. The van der Waals surface area contributed by atoms with E-state index in [0.717, 1.165) is 0 Å². The van der Waals surface area contributed by atoms with E-state index in [4.69, 9.17) is 21.1 Å². The highest BCUT2D eigenvalue weighted by atomic mass is 35.5. The topological polar surface area (TPSA) is 134 Å². The van der Waals surface area contributed by atoms with Gasteiger partial charge in [0.05, 0.1) is 30.6 Å². The molecule has 4 heterocycles. The van der Waals surface area contributed by atoms with Crippen molar-refractivity contribution in [1.82, 2.24) is 29.7 Å². The van der Waals surface area contributed by atoms with Crippen molar-refractivity contribution in [3.63, 3.8) is 0 Å². The molecule has 11 nitrogen and oxygen atoms in total. The van der Waals surface area contributed by atoms with Crippen LogP contribution in [0.2, 0.25) is 5.02 Å². The molecule has 3 aromatic heterocycles. The summed E-state index contributed by atoms with van der Waals surface area (Å²) in [4.78, 5) is 12.7. The Balaban J connectivity index is 1.63. The van der Waals surface area contributed by atoms with E-state index in [1.807, 2.05) is 0 Å². The van der Waals surface area contributed by atoms with Crippen LogP contribution in [0.1, 0.15) is 25.6 Å². The molecular formula is C20H24ClN7O4S. The number of rotatable bonds is 9. The van der Waals surface area contributed by atoms with Gasteiger partial charge in [0.1, 0.15) is 11.5 Å². The van der Waals surface area contributed by atoms with Gasteiger partial charge in [-0.25, -0.2) is 23.4 Å². The van der Waals surface area contributed by atoms with Crippen LogP contribution in [0.5, 0.6) is 5.88 Å². The Morgan fingerprint density at radius 2 is 1.97 bits per heavy atom. The maximum Gasteiger partial charge on any atom is 0.238 e. The number of hydrogen-bond donors (Lipinski definition) is 1. The average Bonchev–Trinajstić information content (AvgIpc) is 3.17. The average molecular weight is 494 g/mol. The Hall–Kier alpha value is -2.83. The molecule has 1 aliphatic rings. The molecule has 33 heavy (non-hydrogen) atoms. The van der Waals surface area contributed by atoms with Gasteiger partial charge in [0.25, 0.3) is 0 Å². The molecule has 3 aromatic rings. The summed E-state index contributed by atoms with van der Waals surface area (Å²) in [5.41, 5.74) is 0.517. The van der Waals surface area contributed by atoms with Crippen molar-refractivity contribution in [3.8, 4) is 17.4 Å². The highest BCUT2D eigenvalue weighted by Gasteiger charge is 2.32. The second-order valence-electron chi connectivity index (χ2n) is 7.83. The van der Waals surface area contributed by atoms with Crippen LogP contribution in [0.4, 0.5) is 5.95 Å². The van der Waals surface area contributed by atoms with Crippen molar-refractivity contribution in [2.24, 2.45) is 5.92 Å². The molecule has 0 amide bonds. The number of hydrogen-bond acceptors (Lipinski definition) is 9. The lowest BCUT2D eigenvalue weighted by Crippen LogP contribution is -2.34. The van der Waals surface area contributed by atoms with E-state index in [9.17, 15) is 8.42 Å². The molecule has 0 bridgehead atoms. The lowest BCUT2D eigenvalue weighted by Gasteiger charge is -2.27. The van der Waals surface area contributed by atoms with Crippen molar-refractivity contribution in [2.75, 3.05) is 25.0 Å². The quantitative estimate of drug-likeness (QED) is 0.476. The molecule has 176 valence electrons. The summed E-state index contributed by atoms with van der Waals surface area (Å²) in [6.45, 7) is 4.97. The maximum atomic E-state index is 13.2. The van der Waals surface area contributed by atoms with Crippen LogP contribution in [-0.2, 0) is 21.3 Å². The summed E-state index contributed by atoms with van der Waals surface area (Å²) in [6, 6.07) is 5.27. The van der Waals surface area contributed by atoms with E-state index >= 15 is 0 Å². The SMILES string of the molecule is COc1cccc(-c2nnc(NS(=O)(=O)C(C)C(C)c3ncc(Cl)cn3)n2CC2COC2)n1. The lowest BCUT2D eigenvalue weighted by molar-refractivity contribution is -0.0390. The summed E-state index contributed by atoms with van der Waals surface area (Å²) in [6.07, 6.45) is 2.88. The fraction of sp³-hybridized carbons (Fsp3) is 0.450. The van der Waals surface area contributed by atoms with Crippen molar-refractivity contribution in [3.05, 3.63) is 41.4 Å². The van der Waals surface area contributed by atoms with Crippen molar-refractivity contribution in [1.29, 1.82) is 0 Å². The molecule has 0 radical (unpaired) electrons. The summed E-state index contributed by atoms with van der Waals surface area (Å²) in [7, 11) is -2.34. The highest BCUT2D eigenvalue weighted by Crippen LogP contribution is 2.27. The zero-order valence-electron chi connectivity index (χ0n) is 18.3. The molecule has 1 N–H and O–H groups in total. The predicted octanol–water partition coefficient (Wildman–Crippen LogP) is 2.37. The van der Waals surface area contributed by atoms with Crippen LogP contribution < -0.4 is 9.46 Å². The van der Waals surface area contributed by atoms with Gasteiger partial charge >= 0.3 is 0 Å². The number of nitrogens with one attached hydrogen (secondary N) is 1. The predicted molar refractivity (Wildman–Crippen MR) is 122 cm³/mol. The van der Waals surface area contributed by atoms with Crippen LogP contribution in [0, 0.1) is 5.92 Å². The van der Waals surface area contributed by atoms with Gasteiger partial charge in [-0.15, -0.1) is 10.2 Å². The van der Waals surface area contributed by atoms with E-state index in [-0.39, 0.29) is 11.9 Å². The minimum atomic E-state index is -3.86. The highest BCUT2D eigenvalue weighted by molar-refractivity contribution is 7.93. The van der Waals surface area contributed by atoms with E-state index in [1.54, 1.807) is 36.6 Å². The van der Waals surface area contributed by atoms with Crippen LogP contribution in [-0.4, -0.2) is 63.7 Å². The normalized spacial score (nSPS) is 16.1. The monoisotopic (exact) mass is 493 g/mol. The number of methoxy groups -OCH3 is 1. The number of anilines is 1. The minimum Gasteiger partial charge on any atom is -0.481 e. The van der Waals surface area contributed by atoms with Crippen LogP contribution >= 0.6 is 11.6 Å². The van der Waals surface area contributed by atoms with E-state index < -0.39 is 21.2 Å². The molecule has 2 atom stereocenters. The number of halogens is 1. The third-order valence-corrected chi connectivity index (χ3v) is 7.58. The summed E-state index contributed by atoms with van der Waals surface area (Å²) in [5.74, 6) is 1.06. The molecular weight excluding hydrogens is 470 g/mol. The van der Waals surface area contributed by atoms with Gasteiger partial charge in [0, 0.05) is 36.8 Å². The lowest BCUT2D eigenvalue weighted by atomic mass is 10.1. The van der Waals surface area contributed by atoms with Gasteiger partial charge in [-0.05, 0) is 13.0 Å². The fourth-order valence-corrected chi connectivity index (χ4v) is 4.65. The molecule has 0 saturated carbocycles.